The van der Waals surface area contributed by atoms with E-state index in [1.165, 1.54) is 25.3 Å². The fraction of sp³-hybridized carbons (Fsp3) is 0.625. The van der Waals surface area contributed by atoms with Crippen molar-refractivity contribution >= 4 is 11.6 Å². The lowest BCUT2D eigenvalue weighted by atomic mass is 9.51. The smallest absolute Gasteiger partial charge is 0.141 e. The Bertz CT molecular complexity index is 489. The number of ether oxygens (including phenoxy) is 1. The van der Waals surface area contributed by atoms with Crippen LogP contribution in [0, 0.1) is 11.2 Å². The van der Waals surface area contributed by atoms with Gasteiger partial charge in [0.2, 0.25) is 0 Å². The monoisotopic (exact) mass is 297 g/mol. The Morgan fingerprint density at radius 3 is 2.85 bits per heavy atom. The maximum absolute atomic E-state index is 13.1. The molecule has 1 N–H and O–H groups in total. The first kappa shape index (κ1) is 14.3. The van der Waals surface area contributed by atoms with Gasteiger partial charge in [-0.25, -0.2) is 4.39 Å². The molecular formula is C16H21ClFNO. The molecule has 20 heavy (non-hydrogen) atoms. The van der Waals surface area contributed by atoms with Crippen molar-refractivity contribution in [3.05, 3.63) is 34.6 Å². The van der Waals surface area contributed by atoms with E-state index in [-0.39, 0.29) is 10.8 Å². The summed E-state index contributed by atoms with van der Waals surface area (Å²) in [7, 11) is 0. The van der Waals surface area contributed by atoms with Gasteiger partial charge < -0.3 is 10.1 Å². The van der Waals surface area contributed by atoms with Gasteiger partial charge in [0.15, 0.2) is 0 Å². The molecule has 2 atom stereocenters. The molecule has 2 saturated carbocycles. The van der Waals surface area contributed by atoms with Crippen molar-refractivity contribution in [1.82, 2.24) is 5.32 Å². The van der Waals surface area contributed by atoms with E-state index in [9.17, 15) is 4.39 Å². The second-order valence-corrected chi connectivity index (χ2v) is 6.36. The maximum Gasteiger partial charge on any atom is 0.141 e. The minimum absolute atomic E-state index is 0.198. The largest absolute Gasteiger partial charge is 0.378 e. The Balaban J connectivity index is 1.58. The van der Waals surface area contributed by atoms with Gasteiger partial charge in [0.05, 0.1) is 11.1 Å². The van der Waals surface area contributed by atoms with E-state index in [0.29, 0.717) is 17.6 Å². The number of rotatable bonds is 5. The van der Waals surface area contributed by atoms with Crippen LogP contribution in [0.25, 0.3) is 0 Å². The van der Waals surface area contributed by atoms with Crippen molar-refractivity contribution in [2.24, 2.45) is 5.41 Å². The summed E-state index contributed by atoms with van der Waals surface area (Å²) in [5.41, 5.74) is 1.39. The lowest BCUT2D eigenvalue weighted by molar-refractivity contribution is -0.173. The minimum atomic E-state index is -0.356. The van der Waals surface area contributed by atoms with E-state index in [4.69, 9.17) is 16.3 Å². The van der Waals surface area contributed by atoms with Crippen LogP contribution in [0.5, 0.6) is 0 Å². The van der Waals surface area contributed by atoms with E-state index >= 15 is 0 Å². The molecule has 0 aromatic heterocycles. The summed E-state index contributed by atoms with van der Waals surface area (Å²) in [5.74, 6) is -0.356. The van der Waals surface area contributed by atoms with E-state index < -0.39 is 0 Å². The molecule has 2 aliphatic carbocycles. The van der Waals surface area contributed by atoms with Crippen molar-refractivity contribution in [2.45, 2.75) is 51.3 Å². The third kappa shape index (κ3) is 2.36. The molecule has 0 amide bonds. The van der Waals surface area contributed by atoms with Crippen LogP contribution in [-0.4, -0.2) is 18.8 Å². The summed E-state index contributed by atoms with van der Waals surface area (Å²) in [5, 5.41) is 3.80. The van der Waals surface area contributed by atoms with Crippen molar-refractivity contribution in [2.75, 3.05) is 6.61 Å². The van der Waals surface area contributed by atoms with E-state index in [0.717, 1.165) is 25.1 Å². The van der Waals surface area contributed by atoms with Crippen LogP contribution in [0.4, 0.5) is 4.39 Å². The Morgan fingerprint density at radius 2 is 2.25 bits per heavy atom. The first-order valence-corrected chi connectivity index (χ1v) is 7.82. The molecule has 1 aromatic carbocycles. The van der Waals surface area contributed by atoms with E-state index in [1.54, 1.807) is 12.1 Å². The van der Waals surface area contributed by atoms with Gasteiger partial charge in [0.1, 0.15) is 5.82 Å². The van der Waals surface area contributed by atoms with Crippen LogP contribution in [0.1, 0.15) is 38.2 Å². The quantitative estimate of drug-likeness (QED) is 0.889. The predicted octanol–water partition coefficient (Wildman–Crippen LogP) is 3.92. The van der Waals surface area contributed by atoms with Gasteiger partial charge in [-0.3, -0.25) is 0 Å². The number of benzene rings is 1. The molecule has 0 bridgehead atoms. The van der Waals surface area contributed by atoms with Gasteiger partial charge in [-0.05, 0) is 43.9 Å². The van der Waals surface area contributed by atoms with Gasteiger partial charge in [-0.2, -0.15) is 0 Å². The Hall–Kier alpha value is -0.640. The highest BCUT2D eigenvalue weighted by Gasteiger charge is 2.58. The number of nitrogens with one attached hydrogen (secondary N) is 1. The van der Waals surface area contributed by atoms with Crippen LogP contribution in [0.2, 0.25) is 5.02 Å². The Kier molecular flexibility index (Phi) is 4.02. The molecular weight excluding hydrogens is 277 g/mol. The molecule has 0 saturated heterocycles. The third-order valence-corrected chi connectivity index (χ3v) is 5.26. The van der Waals surface area contributed by atoms with Gasteiger partial charge in [0, 0.05) is 24.6 Å². The fourth-order valence-corrected chi connectivity index (χ4v) is 3.82. The predicted molar refractivity (Wildman–Crippen MR) is 78.4 cm³/mol. The lowest BCUT2D eigenvalue weighted by Gasteiger charge is -2.61. The average Bonchev–Trinajstić information content (AvgIpc) is 2.35. The molecule has 1 aromatic rings. The second-order valence-electron chi connectivity index (χ2n) is 5.95. The highest BCUT2D eigenvalue weighted by atomic mass is 35.5. The molecule has 0 radical (unpaired) electrons. The van der Waals surface area contributed by atoms with Crippen molar-refractivity contribution in [3.63, 3.8) is 0 Å². The zero-order valence-corrected chi connectivity index (χ0v) is 12.5. The van der Waals surface area contributed by atoms with Gasteiger partial charge >= 0.3 is 0 Å². The lowest BCUT2D eigenvalue weighted by Crippen LogP contribution is -2.66. The molecule has 3 rings (SSSR count). The molecule has 110 valence electrons. The van der Waals surface area contributed by atoms with Crippen LogP contribution >= 0.6 is 11.6 Å². The fourth-order valence-electron chi connectivity index (χ4n) is 3.62. The molecule has 2 unspecified atom stereocenters. The van der Waals surface area contributed by atoms with E-state index in [1.807, 2.05) is 0 Å². The SMILES string of the molecule is CCOC1CC(NCc2ccc(F)c(Cl)c2)C12CCC2. The summed E-state index contributed by atoms with van der Waals surface area (Å²) >= 11 is 5.81. The van der Waals surface area contributed by atoms with Crippen LogP contribution in [0.3, 0.4) is 0 Å². The molecule has 2 fully saturated rings. The molecule has 0 aliphatic heterocycles. The second kappa shape index (κ2) is 5.63. The average molecular weight is 298 g/mol. The van der Waals surface area contributed by atoms with Gasteiger partial charge in [0.25, 0.3) is 0 Å². The zero-order valence-electron chi connectivity index (χ0n) is 11.8. The van der Waals surface area contributed by atoms with Crippen molar-refractivity contribution < 1.29 is 9.13 Å². The number of halogens is 2. The highest BCUT2D eigenvalue weighted by molar-refractivity contribution is 6.30. The van der Waals surface area contributed by atoms with Crippen LogP contribution in [0.15, 0.2) is 18.2 Å². The molecule has 0 heterocycles. The van der Waals surface area contributed by atoms with Crippen LogP contribution in [-0.2, 0) is 11.3 Å². The molecule has 1 spiro atoms. The summed E-state index contributed by atoms with van der Waals surface area (Å²) in [6, 6.07) is 5.45. The summed E-state index contributed by atoms with van der Waals surface area (Å²) in [4.78, 5) is 0. The number of hydrogen-bond donors (Lipinski definition) is 1. The van der Waals surface area contributed by atoms with E-state index in [2.05, 4.69) is 12.2 Å². The Morgan fingerprint density at radius 1 is 1.45 bits per heavy atom. The van der Waals surface area contributed by atoms with Gasteiger partial charge in [-0.1, -0.05) is 24.1 Å². The first-order chi connectivity index (χ1) is 9.65. The maximum atomic E-state index is 13.1. The Labute approximate surface area is 124 Å². The standard InChI is InChI=1S/C16H21ClFNO/c1-2-20-15-9-14(16(15)6-3-7-16)19-10-11-4-5-13(18)12(17)8-11/h4-5,8,14-15,19H,2-3,6-7,9-10H2,1H3. The minimum Gasteiger partial charge on any atom is -0.378 e. The molecule has 2 aliphatic rings. The van der Waals surface area contributed by atoms with Gasteiger partial charge in [-0.15, -0.1) is 0 Å². The number of hydrogen-bond acceptors (Lipinski definition) is 2. The topological polar surface area (TPSA) is 21.3 Å². The van der Waals surface area contributed by atoms with Crippen LogP contribution < -0.4 is 5.32 Å². The summed E-state index contributed by atoms with van der Waals surface area (Å²) < 4.78 is 19.0. The van der Waals surface area contributed by atoms with Crippen molar-refractivity contribution in [1.29, 1.82) is 0 Å². The summed E-state index contributed by atoms with van der Waals surface area (Å²) in [6.45, 7) is 3.60. The molecule has 4 heteroatoms. The molecule has 2 nitrogen and oxygen atoms in total. The normalized spacial score (nSPS) is 27.1. The first-order valence-electron chi connectivity index (χ1n) is 7.44. The summed E-state index contributed by atoms with van der Waals surface area (Å²) in [6.07, 6.45) is 5.35. The zero-order chi connectivity index (χ0) is 14.2. The highest BCUT2D eigenvalue weighted by Crippen LogP contribution is 2.57. The third-order valence-electron chi connectivity index (χ3n) is 4.97. The van der Waals surface area contributed by atoms with Crippen molar-refractivity contribution in [3.8, 4) is 0 Å².